The van der Waals surface area contributed by atoms with Gasteiger partial charge in [0.25, 0.3) is 0 Å². The first-order valence-corrected chi connectivity index (χ1v) is 12.1. The van der Waals surface area contributed by atoms with Gasteiger partial charge < -0.3 is 18.7 Å². The predicted octanol–water partition coefficient (Wildman–Crippen LogP) is 4.66. The molecule has 0 aliphatic carbocycles. The van der Waals surface area contributed by atoms with E-state index in [4.69, 9.17) is 25.4 Å². The molecule has 1 aliphatic rings. The van der Waals surface area contributed by atoms with Gasteiger partial charge >= 0.3 is 5.82 Å². The number of hydrogen-bond donors (Lipinski definition) is 1. The Hall–Kier alpha value is -4.02. The van der Waals surface area contributed by atoms with Crippen LogP contribution in [0.4, 0.5) is 10.1 Å². The molecule has 0 atom stereocenters. The normalized spacial score (nSPS) is 14.5. The Morgan fingerprint density at radius 1 is 1.05 bits per heavy atom. The quantitative estimate of drug-likeness (QED) is 0.357. The van der Waals surface area contributed by atoms with E-state index in [1.165, 1.54) is 18.5 Å². The molecule has 0 unspecified atom stereocenters. The zero-order valence-corrected chi connectivity index (χ0v) is 20.6. The fourth-order valence-electron chi connectivity index (χ4n) is 4.57. The molecule has 1 fully saturated rings. The predicted molar refractivity (Wildman–Crippen MR) is 137 cm³/mol. The lowest BCUT2D eigenvalue weighted by Gasteiger charge is -2.35. The van der Waals surface area contributed by atoms with E-state index in [1.807, 2.05) is 24.4 Å². The van der Waals surface area contributed by atoms with Crippen molar-refractivity contribution in [2.75, 3.05) is 31.1 Å². The standard InChI is InChI=1S/C26H22ClFN6O3/c1-15-23(37-26(35)36-15)13-33-6-8-34(9-7-33)17-11-22-20(29-12-17)4-5-21(32-22)25-24(30-14-31-25)18-10-16(27)2-3-19(18)28/h2-5,10-12,14H,6-9,13H2,1H3,(H,30,31). The van der Waals surface area contributed by atoms with Gasteiger partial charge in [0, 0.05) is 36.8 Å². The number of hydrogen-bond acceptors (Lipinski definition) is 8. The largest absolute Gasteiger partial charge is 0.519 e. The maximum Gasteiger partial charge on any atom is 0.519 e. The zero-order valence-electron chi connectivity index (χ0n) is 19.9. The van der Waals surface area contributed by atoms with Crippen molar-refractivity contribution in [3.63, 3.8) is 0 Å². The lowest BCUT2D eigenvalue weighted by atomic mass is 10.1. The molecular weight excluding hydrogens is 499 g/mol. The van der Waals surface area contributed by atoms with Crippen LogP contribution < -0.4 is 10.7 Å². The number of rotatable bonds is 5. The molecule has 0 saturated carbocycles. The molecule has 1 saturated heterocycles. The molecule has 4 aromatic heterocycles. The molecule has 37 heavy (non-hydrogen) atoms. The lowest BCUT2D eigenvalue weighted by molar-refractivity contribution is 0.227. The molecule has 0 spiro atoms. The van der Waals surface area contributed by atoms with Crippen molar-refractivity contribution in [3.8, 4) is 22.6 Å². The number of halogens is 2. The monoisotopic (exact) mass is 520 g/mol. The number of nitrogens with zero attached hydrogens (tertiary/aromatic N) is 5. The van der Waals surface area contributed by atoms with E-state index < -0.39 is 11.6 Å². The van der Waals surface area contributed by atoms with E-state index in [-0.39, 0.29) is 0 Å². The molecule has 9 nitrogen and oxygen atoms in total. The Balaban J connectivity index is 1.23. The highest BCUT2D eigenvalue weighted by atomic mass is 35.5. The minimum atomic E-state index is -0.667. The van der Waals surface area contributed by atoms with Crippen LogP contribution in [-0.4, -0.2) is 51.0 Å². The van der Waals surface area contributed by atoms with Crippen LogP contribution in [0.3, 0.4) is 0 Å². The minimum absolute atomic E-state index is 0.330. The zero-order chi connectivity index (χ0) is 25.5. The summed E-state index contributed by atoms with van der Waals surface area (Å²) in [6.45, 7) is 5.42. The molecule has 0 amide bonds. The number of aryl methyl sites for hydroxylation is 1. The number of nitrogens with one attached hydrogen (secondary N) is 1. The van der Waals surface area contributed by atoms with Crippen molar-refractivity contribution in [1.82, 2.24) is 24.8 Å². The number of imidazole rings is 1. The van der Waals surface area contributed by atoms with Gasteiger partial charge in [-0.1, -0.05) is 11.6 Å². The maximum atomic E-state index is 14.5. The van der Waals surface area contributed by atoms with Crippen molar-refractivity contribution >= 4 is 28.3 Å². The van der Waals surface area contributed by atoms with Gasteiger partial charge in [0.1, 0.15) is 17.3 Å². The van der Waals surface area contributed by atoms with Crippen LogP contribution in [-0.2, 0) is 6.54 Å². The second kappa shape index (κ2) is 9.45. The van der Waals surface area contributed by atoms with Gasteiger partial charge in [-0.25, -0.2) is 19.2 Å². The second-order valence-electron chi connectivity index (χ2n) is 8.88. The first kappa shape index (κ1) is 23.4. The van der Waals surface area contributed by atoms with E-state index in [1.54, 1.807) is 13.0 Å². The molecule has 1 aliphatic heterocycles. The summed E-state index contributed by atoms with van der Waals surface area (Å²) in [7, 11) is 0. The molecule has 1 aromatic carbocycles. The summed E-state index contributed by atoms with van der Waals surface area (Å²) >= 11 is 6.10. The van der Waals surface area contributed by atoms with Crippen LogP contribution >= 0.6 is 11.6 Å². The second-order valence-corrected chi connectivity index (χ2v) is 9.31. The number of aromatic amines is 1. The van der Waals surface area contributed by atoms with Gasteiger partial charge in [-0.2, -0.15) is 0 Å². The van der Waals surface area contributed by atoms with Crippen LogP contribution in [0.5, 0.6) is 0 Å². The third-order valence-corrected chi connectivity index (χ3v) is 6.78. The average Bonchev–Trinajstić information content (AvgIpc) is 3.51. The summed E-state index contributed by atoms with van der Waals surface area (Å²) in [6, 6.07) is 10.1. The highest BCUT2D eigenvalue weighted by Crippen LogP contribution is 2.32. The highest BCUT2D eigenvalue weighted by Gasteiger charge is 2.21. The fraction of sp³-hybridized carbons (Fsp3) is 0.231. The van der Waals surface area contributed by atoms with Crippen molar-refractivity contribution in [2.45, 2.75) is 13.5 Å². The molecule has 1 N–H and O–H groups in total. The first-order valence-electron chi connectivity index (χ1n) is 11.8. The Bertz CT molecular complexity index is 1650. The smallest absolute Gasteiger partial charge is 0.396 e. The van der Waals surface area contributed by atoms with E-state index in [2.05, 4.69) is 24.8 Å². The summed E-state index contributed by atoms with van der Waals surface area (Å²) in [5.74, 6) is 0.0212. The van der Waals surface area contributed by atoms with E-state index in [0.29, 0.717) is 51.2 Å². The average molecular weight is 521 g/mol. The molecule has 0 radical (unpaired) electrons. The van der Waals surface area contributed by atoms with Crippen molar-refractivity contribution < 1.29 is 13.2 Å². The fourth-order valence-corrected chi connectivity index (χ4v) is 4.74. The van der Waals surface area contributed by atoms with Crippen LogP contribution in [0, 0.1) is 12.7 Å². The molecular formula is C26H22ClFN6O3. The molecule has 5 aromatic rings. The van der Waals surface area contributed by atoms with Gasteiger partial charge in [0.2, 0.25) is 0 Å². The minimum Gasteiger partial charge on any atom is -0.396 e. The van der Waals surface area contributed by atoms with Gasteiger partial charge in [-0.05, 0) is 43.3 Å². The highest BCUT2D eigenvalue weighted by molar-refractivity contribution is 6.30. The van der Waals surface area contributed by atoms with Crippen molar-refractivity contribution in [1.29, 1.82) is 0 Å². The number of aromatic nitrogens is 4. The van der Waals surface area contributed by atoms with Gasteiger partial charge in [-0.15, -0.1) is 0 Å². The van der Waals surface area contributed by atoms with Crippen LogP contribution in [0.2, 0.25) is 5.02 Å². The van der Waals surface area contributed by atoms with Gasteiger partial charge in [0.05, 0.1) is 47.2 Å². The van der Waals surface area contributed by atoms with E-state index in [0.717, 1.165) is 37.4 Å². The number of anilines is 1. The maximum absolute atomic E-state index is 14.5. The SMILES string of the molecule is Cc1oc(=O)oc1CN1CCN(c2cnc3ccc(-c4nc[nH]c4-c4cc(Cl)ccc4F)nc3c2)CC1. The molecule has 188 valence electrons. The van der Waals surface area contributed by atoms with E-state index in [9.17, 15) is 9.18 Å². The van der Waals surface area contributed by atoms with Crippen molar-refractivity contribution in [2.24, 2.45) is 0 Å². The van der Waals surface area contributed by atoms with Crippen LogP contribution in [0.15, 0.2) is 62.6 Å². The third-order valence-electron chi connectivity index (χ3n) is 6.54. The first-order chi connectivity index (χ1) is 17.9. The van der Waals surface area contributed by atoms with Gasteiger partial charge in [-0.3, -0.25) is 9.88 Å². The molecule has 11 heteroatoms. The summed E-state index contributed by atoms with van der Waals surface area (Å²) in [5.41, 5.74) is 4.40. The van der Waals surface area contributed by atoms with Crippen LogP contribution in [0.25, 0.3) is 33.7 Å². The Labute approximate surface area is 215 Å². The Morgan fingerprint density at radius 3 is 2.68 bits per heavy atom. The Kier molecular flexibility index (Phi) is 5.97. The van der Waals surface area contributed by atoms with Gasteiger partial charge in [0.15, 0.2) is 5.76 Å². The summed E-state index contributed by atoms with van der Waals surface area (Å²) < 4.78 is 24.6. The van der Waals surface area contributed by atoms with Crippen molar-refractivity contribution in [3.05, 3.63) is 81.9 Å². The topological polar surface area (TPSA) is 104 Å². The number of benzene rings is 1. The molecule has 0 bridgehead atoms. The lowest BCUT2D eigenvalue weighted by Crippen LogP contribution is -2.46. The van der Waals surface area contributed by atoms with E-state index >= 15 is 0 Å². The summed E-state index contributed by atoms with van der Waals surface area (Å²) in [5, 5.41) is 0.432. The Morgan fingerprint density at radius 2 is 1.89 bits per heavy atom. The number of pyridine rings is 2. The molecule has 6 rings (SSSR count). The third kappa shape index (κ3) is 4.61. The summed E-state index contributed by atoms with van der Waals surface area (Å²) in [6.07, 6.45) is 3.36. The number of piperazine rings is 1. The number of fused-ring (bicyclic) bond motifs is 1. The van der Waals surface area contributed by atoms with Crippen LogP contribution in [0.1, 0.15) is 11.5 Å². The summed E-state index contributed by atoms with van der Waals surface area (Å²) in [4.78, 5) is 32.6. The molecule has 5 heterocycles. The number of H-pyrrole nitrogens is 1.